The fourth-order valence-electron chi connectivity index (χ4n) is 1.22. The number of hydrogen-bond donors (Lipinski definition) is 1. The monoisotopic (exact) mass is 208 g/mol. The van der Waals surface area contributed by atoms with Gasteiger partial charge in [0.1, 0.15) is 9.71 Å². The molecule has 0 atom stereocenters. The van der Waals surface area contributed by atoms with Gasteiger partial charge in [-0.3, -0.25) is 0 Å². The second-order valence-corrected chi connectivity index (χ2v) is 4.08. The van der Waals surface area contributed by atoms with Crippen LogP contribution >= 0.6 is 11.3 Å². The molecule has 0 radical (unpaired) electrons. The van der Waals surface area contributed by atoms with Crippen molar-refractivity contribution in [3.8, 4) is 0 Å². The number of carboxylic acids is 1. The molecule has 2 aromatic rings. The van der Waals surface area contributed by atoms with Crippen LogP contribution in [0.25, 0.3) is 10.2 Å². The summed E-state index contributed by atoms with van der Waals surface area (Å²) in [5, 5.41) is 17.6. The van der Waals surface area contributed by atoms with E-state index in [-0.39, 0.29) is 0 Å². The first-order valence-corrected chi connectivity index (χ1v) is 4.88. The molecule has 0 unspecified atom stereocenters. The van der Waals surface area contributed by atoms with E-state index in [2.05, 4.69) is 10.2 Å². The highest BCUT2D eigenvalue weighted by Gasteiger charge is 2.12. The largest absolute Gasteiger partial charge is 0.477 e. The summed E-state index contributed by atoms with van der Waals surface area (Å²) in [6.07, 6.45) is 0. The predicted octanol–water partition coefficient (Wildman–Crippen LogP) is 2.01. The average molecular weight is 208 g/mol. The predicted molar refractivity (Wildman–Crippen MR) is 53.8 cm³/mol. The molecule has 0 aliphatic heterocycles. The number of thiophene rings is 1. The van der Waals surface area contributed by atoms with Crippen molar-refractivity contribution in [1.82, 2.24) is 10.2 Å². The van der Waals surface area contributed by atoms with Gasteiger partial charge in [0, 0.05) is 5.39 Å². The molecule has 0 bridgehead atoms. The summed E-state index contributed by atoms with van der Waals surface area (Å²) < 4.78 is 0. The van der Waals surface area contributed by atoms with Crippen molar-refractivity contribution < 1.29 is 9.90 Å². The van der Waals surface area contributed by atoms with E-state index >= 15 is 0 Å². The molecule has 2 aromatic heterocycles. The van der Waals surface area contributed by atoms with Crippen LogP contribution in [0, 0.1) is 13.8 Å². The van der Waals surface area contributed by atoms with Gasteiger partial charge >= 0.3 is 5.97 Å². The maximum atomic E-state index is 10.7. The minimum Gasteiger partial charge on any atom is -0.477 e. The molecule has 2 rings (SSSR count). The molecule has 0 spiro atoms. The second-order valence-electron chi connectivity index (χ2n) is 3.05. The number of carboxylic acid groups (broad SMARTS) is 1. The van der Waals surface area contributed by atoms with Crippen LogP contribution in [0.2, 0.25) is 0 Å². The molecule has 0 aliphatic carbocycles. The number of aromatic nitrogens is 2. The van der Waals surface area contributed by atoms with Crippen molar-refractivity contribution in [2.24, 2.45) is 0 Å². The van der Waals surface area contributed by atoms with E-state index in [9.17, 15) is 4.79 Å². The van der Waals surface area contributed by atoms with Gasteiger partial charge in [-0.15, -0.1) is 16.4 Å². The van der Waals surface area contributed by atoms with E-state index in [1.165, 1.54) is 0 Å². The first-order valence-electron chi connectivity index (χ1n) is 4.06. The third-order valence-corrected chi connectivity index (χ3v) is 3.17. The van der Waals surface area contributed by atoms with Crippen LogP contribution in [0.1, 0.15) is 20.9 Å². The number of nitrogens with zero attached hydrogens (tertiary/aromatic N) is 2. The van der Waals surface area contributed by atoms with Crippen LogP contribution in [0.3, 0.4) is 0 Å². The summed E-state index contributed by atoms with van der Waals surface area (Å²) in [4.78, 5) is 11.7. The highest BCUT2D eigenvalue weighted by molar-refractivity contribution is 7.20. The van der Waals surface area contributed by atoms with Gasteiger partial charge in [-0.05, 0) is 25.5 Å². The summed E-state index contributed by atoms with van der Waals surface area (Å²) in [6.45, 7) is 3.78. The molecule has 0 aliphatic rings. The zero-order valence-electron chi connectivity index (χ0n) is 7.74. The van der Waals surface area contributed by atoms with Crippen molar-refractivity contribution in [2.45, 2.75) is 13.8 Å². The van der Waals surface area contributed by atoms with Gasteiger partial charge in [-0.25, -0.2) is 4.79 Å². The molecule has 72 valence electrons. The van der Waals surface area contributed by atoms with Crippen LogP contribution in [-0.2, 0) is 0 Å². The number of fused-ring (bicyclic) bond motifs is 1. The maximum absolute atomic E-state index is 10.7. The molecule has 5 heteroatoms. The second kappa shape index (κ2) is 3.02. The van der Waals surface area contributed by atoms with E-state index in [4.69, 9.17) is 5.11 Å². The van der Waals surface area contributed by atoms with Crippen LogP contribution in [-0.4, -0.2) is 21.3 Å². The molecule has 0 aromatic carbocycles. The van der Waals surface area contributed by atoms with E-state index in [0.717, 1.165) is 28.0 Å². The number of aromatic carboxylic acids is 1. The zero-order valence-corrected chi connectivity index (χ0v) is 8.55. The van der Waals surface area contributed by atoms with Gasteiger partial charge < -0.3 is 5.11 Å². The first kappa shape index (κ1) is 9.08. The Kier molecular flexibility index (Phi) is 1.96. The Morgan fingerprint density at radius 1 is 1.43 bits per heavy atom. The Hall–Kier alpha value is -1.49. The lowest BCUT2D eigenvalue weighted by Gasteiger charge is -1.96. The van der Waals surface area contributed by atoms with Crippen molar-refractivity contribution in [3.05, 3.63) is 22.2 Å². The Morgan fingerprint density at radius 3 is 2.79 bits per heavy atom. The van der Waals surface area contributed by atoms with Crippen molar-refractivity contribution >= 4 is 27.5 Å². The van der Waals surface area contributed by atoms with Gasteiger partial charge in [0.2, 0.25) is 0 Å². The normalized spacial score (nSPS) is 10.7. The van der Waals surface area contributed by atoms with E-state index in [1.807, 2.05) is 13.8 Å². The number of hydrogen-bond acceptors (Lipinski definition) is 4. The van der Waals surface area contributed by atoms with Gasteiger partial charge in [0.05, 0.1) is 5.69 Å². The summed E-state index contributed by atoms with van der Waals surface area (Å²) in [7, 11) is 0. The lowest BCUT2D eigenvalue weighted by Crippen LogP contribution is -1.90. The summed E-state index contributed by atoms with van der Waals surface area (Å²) in [5.41, 5.74) is 1.84. The maximum Gasteiger partial charge on any atom is 0.345 e. The fourth-order valence-corrected chi connectivity index (χ4v) is 2.10. The van der Waals surface area contributed by atoms with Crippen LogP contribution in [0.5, 0.6) is 0 Å². The minimum atomic E-state index is -0.912. The quantitative estimate of drug-likeness (QED) is 0.778. The van der Waals surface area contributed by atoms with E-state index in [1.54, 1.807) is 6.07 Å². The summed E-state index contributed by atoms with van der Waals surface area (Å²) in [6, 6.07) is 1.65. The molecular weight excluding hydrogens is 200 g/mol. The lowest BCUT2D eigenvalue weighted by molar-refractivity contribution is 0.0702. The molecule has 0 fully saturated rings. The van der Waals surface area contributed by atoms with Gasteiger partial charge in [0.25, 0.3) is 0 Å². The lowest BCUT2D eigenvalue weighted by atomic mass is 10.2. The minimum absolute atomic E-state index is 0.308. The van der Waals surface area contributed by atoms with E-state index < -0.39 is 5.97 Å². The summed E-state index contributed by atoms with van der Waals surface area (Å²) in [5.74, 6) is -0.912. The number of carbonyl (C=O) groups is 1. The van der Waals surface area contributed by atoms with Crippen LogP contribution in [0.15, 0.2) is 6.07 Å². The molecule has 14 heavy (non-hydrogen) atoms. The topological polar surface area (TPSA) is 63.1 Å². The number of rotatable bonds is 1. The molecule has 2 heterocycles. The fraction of sp³-hybridized carbons (Fsp3) is 0.222. The number of aryl methyl sites for hydroxylation is 2. The zero-order chi connectivity index (χ0) is 10.3. The molecule has 1 N–H and O–H groups in total. The first-order chi connectivity index (χ1) is 6.59. The van der Waals surface area contributed by atoms with Crippen LogP contribution < -0.4 is 0 Å². The Morgan fingerprint density at radius 2 is 2.14 bits per heavy atom. The highest BCUT2D eigenvalue weighted by Crippen LogP contribution is 2.26. The molecule has 0 saturated heterocycles. The standard InChI is InChI=1S/C9H8N2O2S/c1-4-5(2)10-11-8-6(4)3-7(14-8)9(12)13/h3H,1-2H3,(H,12,13). The Bertz CT molecular complexity index is 519. The van der Waals surface area contributed by atoms with E-state index in [0.29, 0.717) is 9.71 Å². The molecule has 4 nitrogen and oxygen atoms in total. The van der Waals surface area contributed by atoms with Crippen molar-refractivity contribution in [1.29, 1.82) is 0 Å². The molecule has 0 amide bonds. The third-order valence-electron chi connectivity index (χ3n) is 2.16. The average Bonchev–Trinajstić information content (AvgIpc) is 2.56. The SMILES string of the molecule is Cc1nnc2sc(C(=O)O)cc2c1C. The molecule has 0 saturated carbocycles. The van der Waals surface area contributed by atoms with Crippen molar-refractivity contribution in [3.63, 3.8) is 0 Å². The van der Waals surface area contributed by atoms with Gasteiger partial charge in [-0.1, -0.05) is 0 Å². The smallest absolute Gasteiger partial charge is 0.345 e. The van der Waals surface area contributed by atoms with Crippen LogP contribution in [0.4, 0.5) is 0 Å². The highest BCUT2D eigenvalue weighted by atomic mass is 32.1. The Labute approximate surface area is 84.2 Å². The van der Waals surface area contributed by atoms with Crippen molar-refractivity contribution in [2.75, 3.05) is 0 Å². The Balaban J connectivity index is 2.77. The van der Waals surface area contributed by atoms with Gasteiger partial charge in [0.15, 0.2) is 0 Å². The summed E-state index contributed by atoms with van der Waals surface area (Å²) >= 11 is 1.16. The molecular formula is C9H8N2O2S. The van der Waals surface area contributed by atoms with Gasteiger partial charge in [-0.2, -0.15) is 5.10 Å². The third kappa shape index (κ3) is 1.26.